The summed E-state index contributed by atoms with van der Waals surface area (Å²) in [5.41, 5.74) is 3.08. The quantitative estimate of drug-likeness (QED) is 0.725. The van der Waals surface area contributed by atoms with Crippen LogP contribution >= 0.6 is 0 Å². The third kappa shape index (κ3) is 2.47. The summed E-state index contributed by atoms with van der Waals surface area (Å²) in [6.45, 7) is 2.23. The van der Waals surface area contributed by atoms with Gasteiger partial charge in [-0.2, -0.15) is 0 Å². The number of anilines is 1. The highest BCUT2D eigenvalue weighted by Crippen LogP contribution is 2.37. The van der Waals surface area contributed by atoms with E-state index >= 15 is 0 Å². The van der Waals surface area contributed by atoms with Gasteiger partial charge in [-0.15, -0.1) is 0 Å². The van der Waals surface area contributed by atoms with Gasteiger partial charge in [-0.3, -0.25) is 4.31 Å². The molecule has 1 aliphatic rings. The summed E-state index contributed by atoms with van der Waals surface area (Å²) < 4.78 is 34.4. The first-order valence-corrected chi connectivity index (χ1v) is 9.24. The molecule has 0 amide bonds. The Kier molecular flexibility index (Phi) is 3.54. The first-order valence-electron chi connectivity index (χ1n) is 7.80. The SMILES string of the molecule is COc1cc(N2Cc3ccccc3S2(=O)=O)ccc1-n1cnc(C)c1. The standard InChI is InChI=1S/C18H17N3O3S/c1-13-10-20(12-19-13)16-8-7-15(9-17(16)24-2)21-11-14-5-3-4-6-18(14)25(21,22)23/h3-10,12H,11H2,1-2H3. The zero-order valence-electron chi connectivity index (χ0n) is 13.9. The fourth-order valence-electron chi connectivity index (χ4n) is 3.06. The molecule has 0 saturated carbocycles. The van der Waals surface area contributed by atoms with Gasteiger partial charge in [0.15, 0.2) is 0 Å². The lowest BCUT2D eigenvalue weighted by Crippen LogP contribution is -2.23. The Morgan fingerprint density at radius 3 is 2.64 bits per heavy atom. The van der Waals surface area contributed by atoms with E-state index in [4.69, 9.17) is 4.74 Å². The van der Waals surface area contributed by atoms with E-state index in [1.807, 2.05) is 35.9 Å². The largest absolute Gasteiger partial charge is 0.494 e. The fourth-order valence-corrected chi connectivity index (χ4v) is 4.71. The summed E-state index contributed by atoms with van der Waals surface area (Å²) in [6, 6.07) is 12.4. The van der Waals surface area contributed by atoms with Crippen molar-refractivity contribution in [2.75, 3.05) is 11.4 Å². The van der Waals surface area contributed by atoms with Crippen molar-refractivity contribution in [1.29, 1.82) is 0 Å². The van der Waals surface area contributed by atoms with Gasteiger partial charge in [0.05, 0.1) is 41.9 Å². The molecule has 4 rings (SSSR count). The summed E-state index contributed by atoms with van der Waals surface area (Å²) in [6.07, 6.45) is 3.59. The lowest BCUT2D eigenvalue weighted by molar-refractivity contribution is 0.413. The summed E-state index contributed by atoms with van der Waals surface area (Å²) in [4.78, 5) is 4.58. The minimum atomic E-state index is -3.54. The summed E-state index contributed by atoms with van der Waals surface area (Å²) in [7, 11) is -1.97. The Hall–Kier alpha value is -2.80. The molecule has 0 unspecified atom stereocenters. The molecular formula is C18H17N3O3S. The van der Waals surface area contributed by atoms with Crippen LogP contribution in [0.4, 0.5) is 5.69 Å². The number of methoxy groups -OCH3 is 1. The normalized spacial score (nSPS) is 15.2. The van der Waals surface area contributed by atoms with Gasteiger partial charge in [-0.05, 0) is 30.7 Å². The molecule has 3 aromatic rings. The molecule has 1 aromatic heterocycles. The predicted molar refractivity (Wildman–Crippen MR) is 94.7 cm³/mol. The Bertz CT molecular complexity index is 1060. The molecule has 2 aromatic carbocycles. The third-order valence-corrected chi connectivity index (χ3v) is 6.17. The molecular weight excluding hydrogens is 338 g/mol. The Labute approximate surface area is 146 Å². The highest BCUT2D eigenvalue weighted by atomic mass is 32.2. The lowest BCUT2D eigenvalue weighted by Gasteiger charge is -2.19. The van der Waals surface area contributed by atoms with Crippen LogP contribution in [-0.4, -0.2) is 25.1 Å². The van der Waals surface area contributed by atoms with Crippen molar-refractivity contribution in [2.24, 2.45) is 0 Å². The number of hydrogen-bond acceptors (Lipinski definition) is 4. The number of imidazole rings is 1. The van der Waals surface area contributed by atoms with Crippen LogP contribution in [0.25, 0.3) is 5.69 Å². The van der Waals surface area contributed by atoms with E-state index in [1.165, 1.54) is 4.31 Å². The molecule has 0 N–H and O–H groups in total. The molecule has 1 aliphatic heterocycles. The number of sulfonamides is 1. The summed E-state index contributed by atoms with van der Waals surface area (Å²) in [5.74, 6) is 0.584. The maximum Gasteiger partial charge on any atom is 0.264 e. The summed E-state index contributed by atoms with van der Waals surface area (Å²) in [5, 5.41) is 0. The molecule has 0 spiro atoms. The third-order valence-electron chi connectivity index (χ3n) is 4.30. The van der Waals surface area contributed by atoms with E-state index in [1.54, 1.807) is 37.7 Å². The molecule has 2 heterocycles. The molecule has 7 heteroatoms. The summed E-state index contributed by atoms with van der Waals surface area (Å²) >= 11 is 0. The van der Waals surface area contributed by atoms with Crippen molar-refractivity contribution in [3.05, 3.63) is 66.2 Å². The van der Waals surface area contributed by atoms with E-state index in [-0.39, 0.29) is 0 Å². The molecule has 25 heavy (non-hydrogen) atoms. The maximum absolute atomic E-state index is 12.8. The van der Waals surface area contributed by atoms with Crippen LogP contribution in [0.3, 0.4) is 0 Å². The second kappa shape index (κ2) is 5.63. The van der Waals surface area contributed by atoms with Gasteiger partial charge in [0.1, 0.15) is 5.75 Å². The molecule has 0 atom stereocenters. The molecule has 0 radical (unpaired) electrons. The number of aromatic nitrogens is 2. The van der Waals surface area contributed by atoms with Crippen LogP contribution in [0.5, 0.6) is 5.75 Å². The molecule has 128 valence electrons. The van der Waals surface area contributed by atoms with Crippen LogP contribution in [-0.2, 0) is 16.6 Å². The number of aryl methyl sites for hydroxylation is 1. The molecule has 0 aliphatic carbocycles. The van der Waals surface area contributed by atoms with E-state index < -0.39 is 10.0 Å². The van der Waals surface area contributed by atoms with Gasteiger partial charge in [0.2, 0.25) is 0 Å². The van der Waals surface area contributed by atoms with Crippen molar-refractivity contribution in [2.45, 2.75) is 18.4 Å². The van der Waals surface area contributed by atoms with Gasteiger partial charge in [0, 0.05) is 12.3 Å². The van der Waals surface area contributed by atoms with Crippen LogP contribution in [0.2, 0.25) is 0 Å². The monoisotopic (exact) mass is 355 g/mol. The number of rotatable bonds is 3. The molecule has 6 nitrogen and oxygen atoms in total. The Morgan fingerprint density at radius 2 is 1.96 bits per heavy atom. The maximum atomic E-state index is 12.8. The van der Waals surface area contributed by atoms with Crippen LogP contribution < -0.4 is 9.04 Å². The van der Waals surface area contributed by atoms with E-state index in [0.717, 1.165) is 16.9 Å². The van der Waals surface area contributed by atoms with E-state index in [0.29, 0.717) is 22.9 Å². The molecule has 0 fully saturated rings. The smallest absolute Gasteiger partial charge is 0.264 e. The number of nitrogens with zero attached hydrogens (tertiary/aromatic N) is 3. The van der Waals surface area contributed by atoms with E-state index in [9.17, 15) is 8.42 Å². The lowest BCUT2D eigenvalue weighted by atomic mass is 10.2. The second-order valence-electron chi connectivity index (χ2n) is 5.90. The number of ether oxygens (including phenoxy) is 1. The van der Waals surface area contributed by atoms with Crippen LogP contribution in [0, 0.1) is 6.92 Å². The predicted octanol–water partition coefficient (Wildman–Crippen LogP) is 2.90. The van der Waals surface area contributed by atoms with Crippen molar-refractivity contribution in [3.8, 4) is 11.4 Å². The Balaban J connectivity index is 1.78. The zero-order valence-corrected chi connectivity index (χ0v) is 14.7. The van der Waals surface area contributed by atoms with Crippen molar-refractivity contribution in [3.63, 3.8) is 0 Å². The first kappa shape index (κ1) is 15.7. The Morgan fingerprint density at radius 1 is 1.16 bits per heavy atom. The van der Waals surface area contributed by atoms with Gasteiger partial charge < -0.3 is 9.30 Å². The van der Waals surface area contributed by atoms with Gasteiger partial charge in [0.25, 0.3) is 10.0 Å². The number of benzene rings is 2. The number of hydrogen-bond donors (Lipinski definition) is 0. The topological polar surface area (TPSA) is 64.4 Å². The van der Waals surface area contributed by atoms with Crippen LogP contribution in [0.1, 0.15) is 11.3 Å². The fraction of sp³-hybridized carbons (Fsp3) is 0.167. The first-order chi connectivity index (χ1) is 12.0. The molecule has 0 bridgehead atoms. The zero-order chi connectivity index (χ0) is 17.6. The van der Waals surface area contributed by atoms with E-state index in [2.05, 4.69) is 4.98 Å². The average Bonchev–Trinajstić information content (AvgIpc) is 3.16. The van der Waals surface area contributed by atoms with Crippen LogP contribution in [0.15, 0.2) is 59.9 Å². The van der Waals surface area contributed by atoms with Gasteiger partial charge in [-0.25, -0.2) is 13.4 Å². The van der Waals surface area contributed by atoms with Crippen molar-refractivity contribution in [1.82, 2.24) is 9.55 Å². The highest BCUT2D eigenvalue weighted by Gasteiger charge is 2.34. The number of fused-ring (bicyclic) bond motifs is 1. The van der Waals surface area contributed by atoms with Gasteiger partial charge in [-0.1, -0.05) is 18.2 Å². The minimum absolute atomic E-state index is 0.325. The van der Waals surface area contributed by atoms with Crippen molar-refractivity contribution < 1.29 is 13.2 Å². The second-order valence-corrected chi connectivity index (χ2v) is 7.73. The molecule has 0 saturated heterocycles. The average molecular weight is 355 g/mol. The van der Waals surface area contributed by atoms with Crippen molar-refractivity contribution >= 4 is 15.7 Å². The highest BCUT2D eigenvalue weighted by molar-refractivity contribution is 7.93. The minimum Gasteiger partial charge on any atom is -0.494 e. The van der Waals surface area contributed by atoms with Gasteiger partial charge >= 0.3 is 0 Å².